The average molecular weight is 359 g/mol. The molecule has 0 amide bonds. The molecule has 0 aromatic heterocycles. The lowest BCUT2D eigenvalue weighted by atomic mass is 10.0. The molecule has 0 spiro atoms. The minimum Gasteiger partial charge on any atom is -0.310 e. The van der Waals surface area contributed by atoms with Crippen molar-refractivity contribution in [3.05, 3.63) is 115 Å². The summed E-state index contributed by atoms with van der Waals surface area (Å²) in [5.74, 6) is 0. The molecule has 0 heterocycles. The van der Waals surface area contributed by atoms with E-state index in [0.29, 0.717) is 0 Å². The van der Waals surface area contributed by atoms with Gasteiger partial charge in [-0.2, -0.15) is 0 Å². The molecule has 28 heavy (non-hydrogen) atoms. The molecule has 0 aliphatic carbocycles. The molecule has 0 saturated heterocycles. The quantitative estimate of drug-likeness (QED) is 0.297. The Morgan fingerprint density at radius 1 is 0.500 bits per heavy atom. The summed E-state index contributed by atoms with van der Waals surface area (Å²) in [5, 5.41) is 5.11. The Balaban J connectivity index is 1.78. The fraction of sp³-hybridized carbons (Fsp3) is 0.0370. The van der Waals surface area contributed by atoms with Gasteiger partial charge in [0.25, 0.3) is 0 Å². The van der Waals surface area contributed by atoms with Crippen molar-refractivity contribution in [3.8, 4) is 0 Å². The van der Waals surface area contributed by atoms with Gasteiger partial charge in [0, 0.05) is 17.1 Å². The molecular formula is C27H21N. The van der Waals surface area contributed by atoms with Crippen molar-refractivity contribution in [1.29, 1.82) is 0 Å². The van der Waals surface area contributed by atoms with E-state index in [1.54, 1.807) is 0 Å². The van der Waals surface area contributed by atoms with Gasteiger partial charge in [-0.1, -0.05) is 78.9 Å². The third kappa shape index (κ3) is 2.82. The molecule has 0 radical (unpaired) electrons. The zero-order valence-electron chi connectivity index (χ0n) is 15.8. The smallest absolute Gasteiger partial charge is 0.0490 e. The maximum Gasteiger partial charge on any atom is 0.0490 e. The van der Waals surface area contributed by atoms with E-state index in [4.69, 9.17) is 0 Å². The number of anilines is 3. The molecule has 0 atom stereocenters. The largest absolute Gasteiger partial charge is 0.310 e. The molecule has 0 bridgehead atoms. The third-order valence-electron chi connectivity index (χ3n) is 5.36. The number of fused-ring (bicyclic) bond motifs is 3. The molecule has 134 valence electrons. The second kappa shape index (κ2) is 6.86. The van der Waals surface area contributed by atoms with Crippen molar-refractivity contribution < 1.29 is 0 Å². The van der Waals surface area contributed by atoms with Gasteiger partial charge in [-0.05, 0) is 64.4 Å². The van der Waals surface area contributed by atoms with Crippen LogP contribution in [0.25, 0.3) is 21.5 Å². The van der Waals surface area contributed by atoms with Crippen LogP contribution >= 0.6 is 0 Å². The Hall–Kier alpha value is -3.58. The highest BCUT2D eigenvalue weighted by molar-refractivity contribution is 6.08. The van der Waals surface area contributed by atoms with Gasteiger partial charge in [0.15, 0.2) is 0 Å². The number of benzene rings is 5. The standard InChI is InChI=1S/C27H21N/c1-20-9-5-8-14-27(20)28(23-11-3-2-4-12-23)24-18-17-22-16-15-21-10-6-7-13-25(21)26(22)19-24/h2-19H,1H3. The van der Waals surface area contributed by atoms with E-state index in [0.717, 1.165) is 5.69 Å². The van der Waals surface area contributed by atoms with Gasteiger partial charge in [-0.15, -0.1) is 0 Å². The summed E-state index contributed by atoms with van der Waals surface area (Å²) < 4.78 is 0. The van der Waals surface area contributed by atoms with E-state index < -0.39 is 0 Å². The Labute approximate surface area is 165 Å². The van der Waals surface area contributed by atoms with Crippen LogP contribution in [0.1, 0.15) is 5.56 Å². The van der Waals surface area contributed by atoms with Crippen LogP contribution in [0.3, 0.4) is 0 Å². The Bertz CT molecular complexity index is 1270. The van der Waals surface area contributed by atoms with Crippen molar-refractivity contribution in [2.24, 2.45) is 0 Å². The molecule has 0 fully saturated rings. The Morgan fingerprint density at radius 3 is 1.96 bits per heavy atom. The van der Waals surface area contributed by atoms with Crippen LogP contribution in [0.5, 0.6) is 0 Å². The summed E-state index contributed by atoms with van der Waals surface area (Å²) in [6.45, 7) is 2.17. The lowest BCUT2D eigenvalue weighted by molar-refractivity contribution is 1.25. The summed E-state index contributed by atoms with van der Waals surface area (Å²) in [6.07, 6.45) is 0. The first-order chi connectivity index (χ1) is 13.8. The van der Waals surface area contributed by atoms with Gasteiger partial charge < -0.3 is 4.90 Å². The van der Waals surface area contributed by atoms with Crippen molar-refractivity contribution in [2.45, 2.75) is 6.92 Å². The van der Waals surface area contributed by atoms with E-state index in [1.807, 2.05) is 0 Å². The second-order valence-corrected chi connectivity index (χ2v) is 7.15. The summed E-state index contributed by atoms with van der Waals surface area (Å²) in [7, 11) is 0. The first-order valence-electron chi connectivity index (χ1n) is 9.63. The molecule has 0 N–H and O–H groups in total. The van der Waals surface area contributed by atoms with Gasteiger partial charge >= 0.3 is 0 Å². The molecule has 5 rings (SSSR count). The monoisotopic (exact) mass is 359 g/mol. The predicted molar refractivity (Wildman–Crippen MR) is 121 cm³/mol. The van der Waals surface area contributed by atoms with Crippen molar-refractivity contribution in [3.63, 3.8) is 0 Å². The number of para-hydroxylation sites is 2. The van der Waals surface area contributed by atoms with Gasteiger partial charge in [0.05, 0.1) is 0 Å². The minimum atomic E-state index is 1.16. The molecular weight excluding hydrogens is 338 g/mol. The summed E-state index contributed by atoms with van der Waals surface area (Å²) in [4.78, 5) is 2.34. The van der Waals surface area contributed by atoms with Crippen molar-refractivity contribution >= 4 is 38.6 Å². The maximum absolute atomic E-state index is 2.34. The molecule has 5 aromatic carbocycles. The number of hydrogen-bond donors (Lipinski definition) is 0. The topological polar surface area (TPSA) is 3.24 Å². The Morgan fingerprint density at radius 2 is 1.14 bits per heavy atom. The van der Waals surface area contributed by atoms with Gasteiger partial charge in [-0.3, -0.25) is 0 Å². The predicted octanol–water partition coefficient (Wildman–Crippen LogP) is 7.77. The summed E-state index contributed by atoms with van der Waals surface area (Å²) in [5.41, 5.74) is 4.79. The molecule has 1 nitrogen and oxygen atoms in total. The van der Waals surface area contributed by atoms with Crippen LogP contribution in [0.4, 0.5) is 17.1 Å². The van der Waals surface area contributed by atoms with Crippen LogP contribution in [0, 0.1) is 6.92 Å². The minimum absolute atomic E-state index is 1.16. The first-order valence-corrected chi connectivity index (χ1v) is 9.63. The van der Waals surface area contributed by atoms with Crippen molar-refractivity contribution in [1.82, 2.24) is 0 Å². The molecule has 0 saturated carbocycles. The summed E-state index contributed by atoms with van der Waals surface area (Å²) in [6, 6.07) is 38.9. The average Bonchev–Trinajstić information content (AvgIpc) is 2.76. The van der Waals surface area contributed by atoms with E-state index in [2.05, 4.69) is 121 Å². The highest BCUT2D eigenvalue weighted by atomic mass is 15.1. The zero-order valence-corrected chi connectivity index (χ0v) is 15.8. The number of hydrogen-bond acceptors (Lipinski definition) is 1. The lowest BCUT2D eigenvalue weighted by Gasteiger charge is -2.27. The molecule has 0 aliphatic rings. The molecule has 0 aliphatic heterocycles. The lowest BCUT2D eigenvalue weighted by Crippen LogP contribution is -2.11. The fourth-order valence-electron chi connectivity index (χ4n) is 3.95. The highest BCUT2D eigenvalue weighted by Gasteiger charge is 2.14. The number of nitrogens with zero attached hydrogens (tertiary/aromatic N) is 1. The van der Waals surface area contributed by atoms with E-state index in [-0.39, 0.29) is 0 Å². The van der Waals surface area contributed by atoms with Crippen LogP contribution < -0.4 is 4.90 Å². The van der Waals surface area contributed by atoms with Crippen LogP contribution in [-0.4, -0.2) is 0 Å². The zero-order chi connectivity index (χ0) is 18.9. The van der Waals surface area contributed by atoms with Crippen molar-refractivity contribution in [2.75, 3.05) is 4.90 Å². The van der Waals surface area contributed by atoms with E-state index in [9.17, 15) is 0 Å². The Kier molecular flexibility index (Phi) is 4.06. The van der Waals surface area contributed by atoms with E-state index in [1.165, 1.54) is 38.5 Å². The van der Waals surface area contributed by atoms with Gasteiger partial charge in [0.1, 0.15) is 0 Å². The third-order valence-corrected chi connectivity index (χ3v) is 5.36. The molecule has 1 heteroatoms. The SMILES string of the molecule is Cc1ccccc1N(c1ccccc1)c1ccc2ccc3ccccc3c2c1. The van der Waals surface area contributed by atoms with Gasteiger partial charge in [-0.25, -0.2) is 0 Å². The number of aryl methyl sites for hydroxylation is 1. The first kappa shape index (κ1) is 16.6. The van der Waals surface area contributed by atoms with E-state index >= 15 is 0 Å². The summed E-state index contributed by atoms with van der Waals surface area (Å²) >= 11 is 0. The highest BCUT2D eigenvalue weighted by Crippen LogP contribution is 2.38. The van der Waals surface area contributed by atoms with Crippen LogP contribution in [0.15, 0.2) is 109 Å². The van der Waals surface area contributed by atoms with Crippen LogP contribution in [0.2, 0.25) is 0 Å². The van der Waals surface area contributed by atoms with Gasteiger partial charge in [0.2, 0.25) is 0 Å². The second-order valence-electron chi connectivity index (χ2n) is 7.15. The molecule has 0 unspecified atom stereocenters. The number of rotatable bonds is 3. The normalized spacial score (nSPS) is 11.0. The fourth-order valence-corrected chi connectivity index (χ4v) is 3.95. The molecule has 5 aromatic rings. The maximum atomic E-state index is 2.34. The van der Waals surface area contributed by atoms with Crippen LogP contribution in [-0.2, 0) is 0 Å².